The Hall–Kier alpha value is -2.83. The molecule has 6 nitrogen and oxygen atoms in total. The van der Waals surface area contributed by atoms with E-state index in [0.717, 1.165) is 16.8 Å². The van der Waals surface area contributed by atoms with Crippen LogP contribution in [-0.4, -0.2) is 27.8 Å². The molecule has 0 saturated carbocycles. The number of allylic oxidation sites excluding steroid dienone is 1. The summed E-state index contributed by atoms with van der Waals surface area (Å²) in [6, 6.07) is 14.6. The lowest BCUT2D eigenvalue weighted by Crippen LogP contribution is -2.20. The van der Waals surface area contributed by atoms with Crippen LogP contribution in [-0.2, 0) is 4.74 Å². The van der Waals surface area contributed by atoms with Crippen molar-refractivity contribution in [3.05, 3.63) is 81.6 Å². The molecule has 1 unspecified atom stereocenters. The van der Waals surface area contributed by atoms with Crippen LogP contribution in [0.1, 0.15) is 27.8 Å². The van der Waals surface area contributed by atoms with Gasteiger partial charge in [0, 0.05) is 15.7 Å². The van der Waals surface area contributed by atoms with Crippen molar-refractivity contribution >= 4 is 40.8 Å². The van der Waals surface area contributed by atoms with Crippen LogP contribution in [0.2, 0.25) is 10.0 Å². The van der Waals surface area contributed by atoms with Crippen LogP contribution in [0.4, 0.5) is 5.95 Å². The van der Waals surface area contributed by atoms with Gasteiger partial charge in [0.15, 0.2) is 0 Å². The van der Waals surface area contributed by atoms with E-state index in [1.54, 1.807) is 4.68 Å². The number of anilines is 1. The molecular formula is C19H14Cl2N4O2. The number of ether oxygens (including phenoxy) is 1. The molecule has 1 aromatic heterocycles. The maximum atomic E-state index is 11.9. The first kappa shape index (κ1) is 17.6. The first-order chi connectivity index (χ1) is 13.0. The highest BCUT2D eigenvalue weighted by Gasteiger charge is 2.27. The van der Waals surface area contributed by atoms with Gasteiger partial charge in [-0.15, -0.1) is 5.10 Å². The summed E-state index contributed by atoms with van der Waals surface area (Å²) in [7, 11) is 1.30. The predicted octanol–water partition coefficient (Wildman–Crippen LogP) is 4.43. The first-order valence-corrected chi connectivity index (χ1v) is 8.86. The fourth-order valence-electron chi connectivity index (χ4n) is 2.87. The highest BCUT2D eigenvalue weighted by molar-refractivity contribution is 6.30. The van der Waals surface area contributed by atoms with Crippen molar-refractivity contribution in [2.75, 3.05) is 12.4 Å². The second-order valence-corrected chi connectivity index (χ2v) is 6.78. The van der Waals surface area contributed by atoms with Crippen molar-refractivity contribution in [2.45, 2.75) is 6.04 Å². The molecule has 27 heavy (non-hydrogen) atoms. The lowest BCUT2D eigenvalue weighted by atomic mass is 10.0. The third kappa shape index (κ3) is 3.41. The average Bonchev–Trinajstić information content (AvgIpc) is 3.12. The van der Waals surface area contributed by atoms with E-state index >= 15 is 0 Å². The minimum Gasteiger partial charge on any atom is -0.463 e. The molecule has 8 heteroatoms. The van der Waals surface area contributed by atoms with Crippen LogP contribution in [0.3, 0.4) is 0 Å². The zero-order chi connectivity index (χ0) is 19.0. The molecule has 1 atom stereocenters. The van der Waals surface area contributed by atoms with Crippen molar-refractivity contribution in [3.63, 3.8) is 0 Å². The van der Waals surface area contributed by atoms with Gasteiger partial charge in [0.1, 0.15) is 6.04 Å². The maximum Gasteiger partial charge on any atom is 0.378 e. The van der Waals surface area contributed by atoms with Crippen molar-refractivity contribution in [1.29, 1.82) is 0 Å². The summed E-state index contributed by atoms with van der Waals surface area (Å²) in [6.45, 7) is 0. The van der Waals surface area contributed by atoms with Gasteiger partial charge in [-0.2, -0.15) is 4.98 Å². The molecule has 0 radical (unpaired) electrons. The predicted molar refractivity (Wildman–Crippen MR) is 104 cm³/mol. The Kier molecular flexibility index (Phi) is 4.59. The Morgan fingerprint density at radius 1 is 1.07 bits per heavy atom. The Morgan fingerprint density at radius 3 is 2.33 bits per heavy atom. The van der Waals surface area contributed by atoms with Crippen molar-refractivity contribution < 1.29 is 9.53 Å². The van der Waals surface area contributed by atoms with Gasteiger partial charge in [0.2, 0.25) is 5.95 Å². The minimum atomic E-state index is -0.596. The standard InChI is InChI=1S/C19H14Cl2N4O2/c1-27-18(26)17-23-19-22-15(11-2-6-13(20)7-3-11)10-16(25(19)24-17)12-4-8-14(21)9-5-12/h2-10,16H,1H3,(H,22,23,24). The number of rotatable bonds is 3. The van der Waals surface area contributed by atoms with E-state index in [1.807, 2.05) is 54.6 Å². The molecule has 1 aliphatic heterocycles. The van der Waals surface area contributed by atoms with Crippen LogP contribution in [0.25, 0.3) is 5.70 Å². The largest absolute Gasteiger partial charge is 0.463 e. The Morgan fingerprint density at radius 2 is 1.70 bits per heavy atom. The third-order valence-corrected chi connectivity index (χ3v) is 4.70. The van der Waals surface area contributed by atoms with E-state index < -0.39 is 5.97 Å². The number of hydrogen-bond donors (Lipinski definition) is 1. The second-order valence-electron chi connectivity index (χ2n) is 5.90. The highest BCUT2D eigenvalue weighted by atomic mass is 35.5. The summed E-state index contributed by atoms with van der Waals surface area (Å²) >= 11 is 12.0. The molecule has 0 fully saturated rings. The van der Waals surface area contributed by atoms with Crippen LogP contribution >= 0.6 is 23.2 Å². The van der Waals surface area contributed by atoms with Gasteiger partial charge in [0.05, 0.1) is 7.11 Å². The first-order valence-electron chi connectivity index (χ1n) is 8.10. The molecule has 0 spiro atoms. The zero-order valence-electron chi connectivity index (χ0n) is 14.2. The van der Waals surface area contributed by atoms with Gasteiger partial charge in [0.25, 0.3) is 5.82 Å². The molecule has 1 N–H and O–H groups in total. The number of esters is 1. The lowest BCUT2D eigenvalue weighted by Gasteiger charge is -2.24. The summed E-state index contributed by atoms with van der Waals surface area (Å²) in [5.41, 5.74) is 2.73. The molecule has 0 bridgehead atoms. The number of benzene rings is 2. The fourth-order valence-corrected chi connectivity index (χ4v) is 3.12. The summed E-state index contributed by atoms with van der Waals surface area (Å²) in [4.78, 5) is 16.2. The zero-order valence-corrected chi connectivity index (χ0v) is 15.7. The number of nitrogens with one attached hydrogen (secondary N) is 1. The van der Waals surface area contributed by atoms with Crippen molar-refractivity contribution in [2.24, 2.45) is 0 Å². The Balaban J connectivity index is 1.82. The monoisotopic (exact) mass is 400 g/mol. The second kappa shape index (κ2) is 7.06. The van der Waals surface area contributed by atoms with Crippen LogP contribution in [0.5, 0.6) is 0 Å². The van der Waals surface area contributed by atoms with Crippen molar-refractivity contribution in [3.8, 4) is 0 Å². The summed E-state index contributed by atoms with van der Waals surface area (Å²) < 4.78 is 6.39. The smallest absolute Gasteiger partial charge is 0.378 e. The maximum absolute atomic E-state index is 11.9. The number of halogens is 2. The molecule has 0 saturated heterocycles. The topological polar surface area (TPSA) is 69.0 Å². The quantitative estimate of drug-likeness (QED) is 0.658. The van der Waals surface area contributed by atoms with Gasteiger partial charge in [-0.3, -0.25) is 0 Å². The molecule has 0 aliphatic carbocycles. The lowest BCUT2D eigenvalue weighted by molar-refractivity contribution is 0.0586. The van der Waals surface area contributed by atoms with E-state index in [0.29, 0.717) is 16.0 Å². The van der Waals surface area contributed by atoms with Gasteiger partial charge in [-0.1, -0.05) is 47.5 Å². The van der Waals surface area contributed by atoms with E-state index in [1.165, 1.54) is 7.11 Å². The van der Waals surface area contributed by atoms with Gasteiger partial charge < -0.3 is 10.1 Å². The van der Waals surface area contributed by atoms with E-state index in [4.69, 9.17) is 27.9 Å². The molecular weight excluding hydrogens is 387 g/mol. The number of fused-ring (bicyclic) bond motifs is 1. The molecule has 2 aromatic carbocycles. The van der Waals surface area contributed by atoms with Gasteiger partial charge in [-0.05, 0) is 41.5 Å². The summed E-state index contributed by atoms with van der Waals surface area (Å²) in [5.74, 6) is -0.158. The van der Waals surface area contributed by atoms with Crippen LogP contribution in [0.15, 0.2) is 54.6 Å². The van der Waals surface area contributed by atoms with E-state index in [2.05, 4.69) is 15.4 Å². The van der Waals surface area contributed by atoms with Gasteiger partial charge in [-0.25, -0.2) is 9.48 Å². The number of carbonyl (C=O) groups excluding carboxylic acids is 1. The number of hydrogen-bond acceptors (Lipinski definition) is 5. The molecule has 2 heterocycles. The van der Waals surface area contributed by atoms with Crippen molar-refractivity contribution in [1.82, 2.24) is 14.8 Å². The molecule has 4 rings (SSSR count). The SMILES string of the molecule is COC(=O)c1nc2n(n1)C(c1ccc(Cl)cc1)C=C(c1ccc(Cl)cc1)N2. The third-order valence-electron chi connectivity index (χ3n) is 4.20. The number of nitrogens with zero attached hydrogens (tertiary/aromatic N) is 3. The number of carbonyl (C=O) groups is 1. The van der Waals surface area contributed by atoms with Crippen LogP contribution < -0.4 is 5.32 Å². The Labute approximate surface area is 165 Å². The highest BCUT2D eigenvalue weighted by Crippen LogP contribution is 2.33. The molecule has 3 aromatic rings. The number of methoxy groups -OCH3 is 1. The number of aromatic nitrogens is 3. The molecule has 136 valence electrons. The molecule has 1 aliphatic rings. The fraction of sp³-hybridized carbons (Fsp3) is 0.105. The average molecular weight is 401 g/mol. The summed E-state index contributed by atoms with van der Waals surface area (Å²) in [5, 5.41) is 8.83. The Bertz CT molecular complexity index is 1030. The summed E-state index contributed by atoms with van der Waals surface area (Å²) in [6.07, 6.45) is 2.01. The van der Waals surface area contributed by atoms with E-state index in [9.17, 15) is 4.79 Å². The molecule has 0 amide bonds. The normalized spacial score (nSPS) is 15.5. The van der Waals surface area contributed by atoms with E-state index in [-0.39, 0.29) is 11.9 Å². The van der Waals surface area contributed by atoms with Crippen LogP contribution in [0, 0.1) is 0 Å². The minimum absolute atomic E-state index is 0.00952. The van der Waals surface area contributed by atoms with Gasteiger partial charge >= 0.3 is 5.97 Å².